The van der Waals surface area contributed by atoms with Gasteiger partial charge in [-0.15, -0.1) is 11.6 Å². The van der Waals surface area contributed by atoms with Gasteiger partial charge in [-0.1, -0.05) is 0 Å². The van der Waals surface area contributed by atoms with Crippen LogP contribution in [-0.2, 0) is 17.8 Å². The van der Waals surface area contributed by atoms with Gasteiger partial charge in [0.15, 0.2) is 11.6 Å². The van der Waals surface area contributed by atoms with Crippen LogP contribution in [0.3, 0.4) is 0 Å². The fourth-order valence-electron chi connectivity index (χ4n) is 2.12. The number of nitrogens with two attached hydrogens (primary N) is 1. The molecule has 2 N–H and O–H groups in total. The van der Waals surface area contributed by atoms with Crippen LogP contribution in [0.5, 0.6) is 0 Å². The molecule has 1 heterocycles. The number of nitrogens with zero attached hydrogens (tertiary/aromatic N) is 2. The number of benzene rings is 1. The molecule has 0 bridgehead atoms. The molecule has 1 amide bonds. The predicted octanol–water partition coefficient (Wildman–Crippen LogP) is 2.61. The lowest BCUT2D eigenvalue weighted by Gasteiger charge is -2.22. The number of carbonyl (C=O) groups excluding carboxylic acids is 1. The maximum absolute atomic E-state index is 14.1. The molecular formula is C14H16ClF2N3O. The Morgan fingerprint density at radius 3 is 2.67 bits per heavy atom. The average molecular weight is 316 g/mol. The van der Waals surface area contributed by atoms with Crippen LogP contribution in [0.1, 0.15) is 19.7 Å². The number of primary amides is 1. The molecule has 114 valence electrons. The number of amides is 1. The second kappa shape index (κ2) is 5.60. The standard InChI is InChI=1S/C14H16ClF2N3O/c1-14(2,13(18)21)7-20-10(5-6-15)19-9-4-3-8(16)11(17)12(9)20/h3-4H,5-7H2,1-2H3,(H2,18,21). The van der Waals surface area contributed by atoms with Crippen LogP contribution in [-0.4, -0.2) is 21.3 Å². The van der Waals surface area contributed by atoms with E-state index in [-0.39, 0.29) is 17.9 Å². The van der Waals surface area contributed by atoms with E-state index in [4.69, 9.17) is 17.3 Å². The van der Waals surface area contributed by atoms with Crippen molar-refractivity contribution in [2.45, 2.75) is 26.8 Å². The molecule has 1 aromatic heterocycles. The van der Waals surface area contributed by atoms with Crippen LogP contribution in [0, 0.1) is 17.0 Å². The summed E-state index contributed by atoms with van der Waals surface area (Å²) in [5, 5.41) is 0. The van der Waals surface area contributed by atoms with Crippen molar-refractivity contribution in [1.29, 1.82) is 0 Å². The number of hydrogen-bond donors (Lipinski definition) is 1. The Bertz CT molecular complexity index is 697. The van der Waals surface area contributed by atoms with Gasteiger partial charge in [0.2, 0.25) is 5.91 Å². The fraction of sp³-hybridized carbons (Fsp3) is 0.429. The van der Waals surface area contributed by atoms with Crippen LogP contribution < -0.4 is 5.73 Å². The zero-order valence-electron chi connectivity index (χ0n) is 11.8. The molecule has 0 saturated heterocycles. The smallest absolute Gasteiger partial charge is 0.224 e. The van der Waals surface area contributed by atoms with Crippen molar-refractivity contribution < 1.29 is 13.6 Å². The first kappa shape index (κ1) is 15.7. The summed E-state index contributed by atoms with van der Waals surface area (Å²) in [6.07, 6.45) is 0.381. The van der Waals surface area contributed by atoms with Crippen molar-refractivity contribution >= 4 is 28.5 Å². The van der Waals surface area contributed by atoms with E-state index >= 15 is 0 Å². The minimum Gasteiger partial charge on any atom is -0.369 e. The van der Waals surface area contributed by atoms with E-state index in [0.717, 1.165) is 6.07 Å². The molecule has 0 radical (unpaired) electrons. The van der Waals surface area contributed by atoms with Crippen LogP contribution in [0.25, 0.3) is 11.0 Å². The van der Waals surface area contributed by atoms with Gasteiger partial charge in [0, 0.05) is 18.8 Å². The highest BCUT2D eigenvalue weighted by Crippen LogP contribution is 2.27. The van der Waals surface area contributed by atoms with Gasteiger partial charge < -0.3 is 10.3 Å². The van der Waals surface area contributed by atoms with Crippen LogP contribution in [0.2, 0.25) is 0 Å². The molecule has 0 aliphatic heterocycles. The summed E-state index contributed by atoms with van der Waals surface area (Å²) in [6, 6.07) is 2.43. The summed E-state index contributed by atoms with van der Waals surface area (Å²) in [5.41, 5.74) is 4.79. The zero-order chi connectivity index (χ0) is 15.8. The van der Waals surface area contributed by atoms with Crippen LogP contribution in [0.15, 0.2) is 12.1 Å². The highest BCUT2D eigenvalue weighted by molar-refractivity contribution is 6.17. The third-order valence-corrected chi connectivity index (χ3v) is 3.61. The molecule has 7 heteroatoms. The van der Waals surface area contributed by atoms with Crippen molar-refractivity contribution in [2.24, 2.45) is 11.1 Å². The van der Waals surface area contributed by atoms with E-state index in [1.165, 1.54) is 10.6 Å². The topological polar surface area (TPSA) is 60.9 Å². The van der Waals surface area contributed by atoms with Crippen molar-refractivity contribution in [1.82, 2.24) is 9.55 Å². The molecule has 0 spiro atoms. The number of imidazole rings is 1. The Morgan fingerprint density at radius 2 is 2.10 bits per heavy atom. The van der Waals surface area contributed by atoms with Gasteiger partial charge in [-0.3, -0.25) is 4.79 Å². The van der Waals surface area contributed by atoms with Gasteiger partial charge in [0.25, 0.3) is 0 Å². The van der Waals surface area contributed by atoms with Gasteiger partial charge in [-0.05, 0) is 26.0 Å². The van der Waals surface area contributed by atoms with Crippen molar-refractivity contribution in [3.63, 3.8) is 0 Å². The molecule has 4 nitrogen and oxygen atoms in total. The Hall–Kier alpha value is -1.69. The molecular weight excluding hydrogens is 300 g/mol. The second-order valence-corrected chi connectivity index (χ2v) is 5.91. The highest BCUT2D eigenvalue weighted by Gasteiger charge is 2.28. The number of fused-ring (bicyclic) bond motifs is 1. The number of alkyl halides is 1. The second-order valence-electron chi connectivity index (χ2n) is 5.53. The van der Waals surface area contributed by atoms with E-state index in [1.54, 1.807) is 13.8 Å². The third-order valence-electron chi connectivity index (χ3n) is 3.42. The molecule has 21 heavy (non-hydrogen) atoms. The number of halogens is 3. The number of aryl methyl sites for hydroxylation is 1. The minimum absolute atomic E-state index is 0.0319. The van der Waals surface area contributed by atoms with Gasteiger partial charge in [0.1, 0.15) is 11.3 Å². The SMILES string of the molecule is CC(C)(Cn1c(CCCl)nc2ccc(F)c(F)c21)C(N)=O. The van der Waals surface area contributed by atoms with Gasteiger partial charge in [-0.25, -0.2) is 13.8 Å². The molecule has 2 aromatic rings. The Labute approximate surface area is 125 Å². The van der Waals surface area contributed by atoms with E-state index in [2.05, 4.69) is 4.98 Å². The number of rotatable bonds is 5. The monoisotopic (exact) mass is 315 g/mol. The average Bonchev–Trinajstić information content (AvgIpc) is 2.73. The molecule has 2 rings (SSSR count). The maximum Gasteiger partial charge on any atom is 0.224 e. The molecule has 1 aromatic carbocycles. The maximum atomic E-state index is 14.1. The van der Waals surface area contributed by atoms with Gasteiger partial charge in [-0.2, -0.15) is 0 Å². The molecule has 0 aliphatic rings. The number of carbonyl (C=O) groups is 1. The quantitative estimate of drug-likeness (QED) is 0.862. The molecule has 0 aliphatic carbocycles. The predicted molar refractivity (Wildman–Crippen MR) is 77.0 cm³/mol. The summed E-state index contributed by atoms with van der Waals surface area (Å²) >= 11 is 5.73. The van der Waals surface area contributed by atoms with E-state index in [9.17, 15) is 13.6 Å². The first-order valence-corrected chi connectivity index (χ1v) is 7.00. The highest BCUT2D eigenvalue weighted by atomic mass is 35.5. The summed E-state index contributed by atoms with van der Waals surface area (Å²) < 4.78 is 29.1. The van der Waals surface area contributed by atoms with E-state index in [1.807, 2.05) is 0 Å². The number of hydrogen-bond acceptors (Lipinski definition) is 2. The molecule has 0 atom stereocenters. The Kier molecular flexibility index (Phi) is 4.18. The minimum atomic E-state index is -0.985. The van der Waals surface area contributed by atoms with Crippen LogP contribution >= 0.6 is 11.6 Å². The first-order valence-electron chi connectivity index (χ1n) is 6.47. The molecule has 0 fully saturated rings. The van der Waals surface area contributed by atoms with E-state index in [0.29, 0.717) is 17.8 Å². The van der Waals surface area contributed by atoms with Crippen LogP contribution in [0.4, 0.5) is 8.78 Å². The largest absolute Gasteiger partial charge is 0.369 e. The third kappa shape index (κ3) is 2.85. The Morgan fingerprint density at radius 1 is 1.43 bits per heavy atom. The molecule has 0 unspecified atom stereocenters. The first-order chi connectivity index (χ1) is 9.77. The van der Waals surface area contributed by atoms with Crippen molar-refractivity contribution in [3.05, 3.63) is 29.6 Å². The lowest BCUT2D eigenvalue weighted by molar-refractivity contribution is -0.126. The normalized spacial score (nSPS) is 12.0. The summed E-state index contributed by atoms with van der Waals surface area (Å²) in [6.45, 7) is 3.39. The fourth-order valence-corrected chi connectivity index (χ4v) is 2.29. The Balaban J connectivity index is 2.65. The lowest BCUT2D eigenvalue weighted by atomic mass is 9.92. The lowest BCUT2D eigenvalue weighted by Crippen LogP contribution is -2.36. The zero-order valence-corrected chi connectivity index (χ0v) is 12.5. The summed E-state index contributed by atoms with van der Waals surface area (Å²) in [7, 11) is 0. The summed E-state index contributed by atoms with van der Waals surface area (Å²) in [5.74, 6) is -1.69. The van der Waals surface area contributed by atoms with Gasteiger partial charge in [0.05, 0.1) is 10.9 Å². The van der Waals surface area contributed by atoms with Crippen molar-refractivity contribution in [2.75, 3.05) is 5.88 Å². The number of aromatic nitrogens is 2. The van der Waals surface area contributed by atoms with Crippen molar-refractivity contribution in [3.8, 4) is 0 Å². The molecule has 0 saturated carbocycles. The van der Waals surface area contributed by atoms with E-state index < -0.39 is 23.0 Å². The summed E-state index contributed by atoms with van der Waals surface area (Å²) in [4.78, 5) is 15.8. The van der Waals surface area contributed by atoms with Gasteiger partial charge >= 0.3 is 0 Å².